The fourth-order valence-corrected chi connectivity index (χ4v) is 7.23. The maximum absolute atomic E-state index is 14.5. The number of nitrogens with one attached hydrogen (secondary N) is 2. The van der Waals surface area contributed by atoms with Crippen molar-refractivity contribution in [3.63, 3.8) is 0 Å². The van der Waals surface area contributed by atoms with E-state index in [9.17, 15) is 32.3 Å². The van der Waals surface area contributed by atoms with Crippen LogP contribution in [0.5, 0.6) is 5.75 Å². The molecular weight excluding hydrogens is 567 g/mol. The minimum atomic E-state index is -4.21. The minimum absolute atomic E-state index is 0.0123. The number of nitrogens with zero attached hydrogens (tertiary/aromatic N) is 2. The quantitative estimate of drug-likeness (QED) is 0.465. The Morgan fingerprint density at radius 3 is 2.67 bits per heavy atom. The SMILES string of the molecule is Cc1cccc(S(=O)(=O)N2CCN[C@@H]([C@@H](O)[C@@H]3Cc4cc(F)cc(c4)OCCCCN4C[C@H](CC4=O)C(=O)N3)C2=O)c1. The highest BCUT2D eigenvalue weighted by Gasteiger charge is 2.44. The summed E-state index contributed by atoms with van der Waals surface area (Å²) in [5.41, 5.74) is 1.11. The van der Waals surface area contributed by atoms with Crippen molar-refractivity contribution < 1.29 is 37.0 Å². The van der Waals surface area contributed by atoms with E-state index < -0.39 is 51.8 Å². The number of carbonyl (C=O) groups is 3. The molecule has 3 aliphatic heterocycles. The van der Waals surface area contributed by atoms with Gasteiger partial charge in [-0.05, 0) is 61.6 Å². The molecule has 0 radical (unpaired) electrons. The number of hydrogen-bond acceptors (Lipinski definition) is 8. The molecule has 2 fully saturated rings. The van der Waals surface area contributed by atoms with Crippen molar-refractivity contribution in [1.29, 1.82) is 0 Å². The molecule has 3 aliphatic rings. The van der Waals surface area contributed by atoms with Crippen LogP contribution in [0, 0.1) is 18.7 Å². The molecule has 0 aliphatic carbocycles. The lowest BCUT2D eigenvalue weighted by atomic mass is 9.94. The highest BCUT2D eigenvalue weighted by Crippen LogP contribution is 2.25. The minimum Gasteiger partial charge on any atom is -0.493 e. The van der Waals surface area contributed by atoms with Gasteiger partial charge in [0.15, 0.2) is 0 Å². The van der Waals surface area contributed by atoms with Crippen molar-refractivity contribution in [2.24, 2.45) is 5.92 Å². The molecule has 0 spiro atoms. The molecule has 226 valence electrons. The molecule has 2 aromatic carbocycles. The Labute approximate surface area is 244 Å². The van der Waals surface area contributed by atoms with Gasteiger partial charge in [0, 0.05) is 38.7 Å². The summed E-state index contributed by atoms with van der Waals surface area (Å²) in [6, 6.07) is 7.79. The van der Waals surface area contributed by atoms with Crippen LogP contribution < -0.4 is 15.4 Å². The first-order valence-electron chi connectivity index (χ1n) is 14.1. The third-order valence-corrected chi connectivity index (χ3v) is 9.71. The molecule has 11 nitrogen and oxygen atoms in total. The number of halogens is 1. The second-order valence-electron chi connectivity index (χ2n) is 11.1. The number of aliphatic hydroxyl groups excluding tert-OH is 1. The Balaban J connectivity index is 1.44. The second kappa shape index (κ2) is 12.4. The molecule has 2 saturated heterocycles. The van der Waals surface area contributed by atoms with Crippen molar-refractivity contribution in [1.82, 2.24) is 19.8 Å². The van der Waals surface area contributed by atoms with Gasteiger partial charge < -0.3 is 25.4 Å². The van der Waals surface area contributed by atoms with Crippen LogP contribution in [0.2, 0.25) is 0 Å². The Morgan fingerprint density at radius 1 is 1.07 bits per heavy atom. The van der Waals surface area contributed by atoms with Crippen LogP contribution in [-0.4, -0.2) is 91.4 Å². The molecule has 3 amide bonds. The average molecular weight is 603 g/mol. The molecule has 5 rings (SSSR count). The molecule has 3 N–H and O–H groups in total. The van der Waals surface area contributed by atoms with Crippen LogP contribution in [-0.2, 0) is 30.8 Å². The standard InChI is InChI=1S/C29H35FN4O7S/c1-18-5-4-6-23(11-18)42(39,40)34-9-7-31-26(29(34)38)27(36)24-14-19-12-21(30)16-22(13-19)41-10-3-2-8-33-17-20(15-25(33)35)28(37)32-24/h4-6,11-13,16,20,24,26-27,31,36H,2-3,7-10,14-15,17H2,1H3,(H,32,37)/t20-,24-,26-,27-/m0/s1. The summed E-state index contributed by atoms with van der Waals surface area (Å²) in [4.78, 5) is 41.1. The summed E-state index contributed by atoms with van der Waals surface area (Å²) >= 11 is 0. The highest BCUT2D eigenvalue weighted by molar-refractivity contribution is 7.89. The molecule has 13 heteroatoms. The average Bonchev–Trinajstić information content (AvgIpc) is 3.31. The van der Waals surface area contributed by atoms with E-state index in [4.69, 9.17) is 4.74 Å². The number of piperazine rings is 1. The van der Waals surface area contributed by atoms with E-state index in [2.05, 4.69) is 10.6 Å². The van der Waals surface area contributed by atoms with Gasteiger partial charge in [0.25, 0.3) is 15.9 Å². The molecule has 0 unspecified atom stereocenters. The maximum Gasteiger partial charge on any atom is 0.266 e. The zero-order valence-corrected chi connectivity index (χ0v) is 24.1. The predicted octanol–water partition coefficient (Wildman–Crippen LogP) is 0.733. The van der Waals surface area contributed by atoms with Gasteiger partial charge in [-0.2, -0.15) is 0 Å². The molecule has 0 aromatic heterocycles. The fraction of sp³-hybridized carbons (Fsp3) is 0.483. The first-order chi connectivity index (χ1) is 20.0. The topological polar surface area (TPSA) is 145 Å². The zero-order chi connectivity index (χ0) is 30.0. The predicted molar refractivity (Wildman–Crippen MR) is 149 cm³/mol. The van der Waals surface area contributed by atoms with Gasteiger partial charge in [0.2, 0.25) is 11.8 Å². The Hall–Kier alpha value is -3.55. The number of aliphatic hydroxyl groups is 1. The number of sulfonamides is 1. The first-order valence-corrected chi connectivity index (χ1v) is 15.5. The smallest absolute Gasteiger partial charge is 0.266 e. The van der Waals surface area contributed by atoms with E-state index in [1.165, 1.54) is 24.3 Å². The molecule has 2 aromatic rings. The summed E-state index contributed by atoms with van der Waals surface area (Å²) in [6.07, 6.45) is -0.375. The van der Waals surface area contributed by atoms with E-state index in [0.29, 0.717) is 37.1 Å². The molecule has 4 bridgehead atoms. The largest absolute Gasteiger partial charge is 0.493 e. The van der Waals surface area contributed by atoms with E-state index in [0.717, 1.165) is 4.31 Å². The summed E-state index contributed by atoms with van der Waals surface area (Å²) in [5.74, 6) is -2.45. The molecular formula is C29H35FN4O7S. The number of aryl methyl sites for hydroxylation is 1. The van der Waals surface area contributed by atoms with Crippen molar-refractivity contribution in [3.05, 3.63) is 59.4 Å². The van der Waals surface area contributed by atoms with Crippen molar-refractivity contribution >= 4 is 27.7 Å². The number of rotatable bonds is 4. The fourth-order valence-electron chi connectivity index (χ4n) is 5.71. The van der Waals surface area contributed by atoms with Gasteiger partial charge >= 0.3 is 0 Å². The van der Waals surface area contributed by atoms with Crippen molar-refractivity contribution in [3.8, 4) is 5.75 Å². The second-order valence-corrected chi connectivity index (χ2v) is 12.9. The van der Waals surface area contributed by atoms with Crippen LogP contribution >= 0.6 is 0 Å². The van der Waals surface area contributed by atoms with E-state index >= 15 is 0 Å². The molecule has 3 heterocycles. The summed E-state index contributed by atoms with van der Waals surface area (Å²) in [5, 5.41) is 17.2. The maximum atomic E-state index is 14.5. The highest BCUT2D eigenvalue weighted by atomic mass is 32.2. The first kappa shape index (κ1) is 29.9. The van der Waals surface area contributed by atoms with Gasteiger partial charge in [-0.1, -0.05) is 12.1 Å². The van der Waals surface area contributed by atoms with Crippen LogP contribution in [0.4, 0.5) is 4.39 Å². The third-order valence-electron chi connectivity index (χ3n) is 7.91. The monoisotopic (exact) mass is 602 g/mol. The van der Waals surface area contributed by atoms with Crippen LogP contribution in [0.1, 0.15) is 30.4 Å². The lowest BCUT2D eigenvalue weighted by Gasteiger charge is -2.37. The number of carbonyl (C=O) groups excluding carboxylic acids is 3. The lowest BCUT2D eigenvalue weighted by molar-refractivity contribution is -0.135. The van der Waals surface area contributed by atoms with E-state index in [-0.39, 0.29) is 49.0 Å². The van der Waals surface area contributed by atoms with Gasteiger partial charge in [0.1, 0.15) is 17.6 Å². The zero-order valence-electron chi connectivity index (χ0n) is 23.3. The molecule has 42 heavy (non-hydrogen) atoms. The Bertz CT molecular complexity index is 1470. The number of hydrogen-bond donors (Lipinski definition) is 3. The van der Waals surface area contributed by atoms with Crippen LogP contribution in [0.15, 0.2) is 47.4 Å². The van der Waals surface area contributed by atoms with E-state index in [1.54, 1.807) is 30.0 Å². The van der Waals surface area contributed by atoms with Crippen molar-refractivity contribution in [2.75, 3.05) is 32.8 Å². The number of fused-ring (bicyclic) bond motifs is 4. The lowest BCUT2D eigenvalue weighted by Crippen LogP contribution is -2.65. The van der Waals surface area contributed by atoms with Gasteiger partial charge in [-0.15, -0.1) is 0 Å². The summed E-state index contributed by atoms with van der Waals surface area (Å²) in [6.45, 7) is 2.66. The van der Waals surface area contributed by atoms with Crippen molar-refractivity contribution in [2.45, 2.75) is 55.7 Å². The normalized spacial score (nSPS) is 24.8. The number of amides is 3. The van der Waals surface area contributed by atoms with Gasteiger partial charge in [-0.25, -0.2) is 17.1 Å². The summed E-state index contributed by atoms with van der Waals surface area (Å²) < 4.78 is 47.8. The number of benzene rings is 2. The van der Waals surface area contributed by atoms with Gasteiger partial charge in [-0.3, -0.25) is 14.4 Å². The van der Waals surface area contributed by atoms with Crippen LogP contribution in [0.25, 0.3) is 0 Å². The Morgan fingerprint density at radius 2 is 1.88 bits per heavy atom. The van der Waals surface area contributed by atoms with Gasteiger partial charge in [0.05, 0.1) is 29.6 Å². The summed E-state index contributed by atoms with van der Waals surface area (Å²) in [7, 11) is -4.21. The molecule has 0 saturated carbocycles. The molecule has 4 atom stereocenters. The van der Waals surface area contributed by atoms with E-state index in [1.807, 2.05) is 0 Å². The third kappa shape index (κ3) is 6.42. The van der Waals surface area contributed by atoms with Crippen LogP contribution in [0.3, 0.4) is 0 Å². The number of ether oxygens (including phenoxy) is 1. The Kier molecular flexibility index (Phi) is 8.81.